The molecule has 2 aromatic rings. The van der Waals surface area contributed by atoms with E-state index in [0.717, 1.165) is 11.5 Å². The number of carbonyl (C=O) groups excluding carboxylic acids is 1. The van der Waals surface area contributed by atoms with E-state index in [4.69, 9.17) is 9.47 Å². The number of nitrogens with one attached hydrogen (secondary N) is 2. The van der Waals surface area contributed by atoms with E-state index in [0.29, 0.717) is 23.7 Å². The second-order valence-electron chi connectivity index (χ2n) is 5.02. The van der Waals surface area contributed by atoms with Crippen LogP contribution in [0.2, 0.25) is 0 Å². The summed E-state index contributed by atoms with van der Waals surface area (Å²) in [5.74, 6) is 3.05. The second-order valence-corrected chi connectivity index (χ2v) is 6.13. The summed E-state index contributed by atoms with van der Waals surface area (Å²) >= 11 is 1.78. The Bertz CT molecular complexity index is 628. The van der Waals surface area contributed by atoms with Gasteiger partial charge in [0.15, 0.2) is 0 Å². The minimum absolute atomic E-state index is 0.245. The molecule has 0 radical (unpaired) electrons. The first kappa shape index (κ1) is 18.0. The molecule has 2 amide bonds. The summed E-state index contributed by atoms with van der Waals surface area (Å²) in [6.07, 6.45) is 0. The number of hydrogen-bond donors (Lipinski definition) is 2. The fraction of sp³-hybridized carbons (Fsp3) is 0.278. The molecule has 0 aliphatic rings. The largest absolute Gasteiger partial charge is 0.497 e. The zero-order valence-electron chi connectivity index (χ0n) is 13.9. The summed E-state index contributed by atoms with van der Waals surface area (Å²) in [4.78, 5) is 11.9. The number of urea groups is 1. The van der Waals surface area contributed by atoms with Crippen molar-refractivity contribution in [1.29, 1.82) is 0 Å². The molecule has 0 aliphatic carbocycles. The lowest BCUT2D eigenvalue weighted by atomic mass is 10.2. The average Bonchev–Trinajstić information content (AvgIpc) is 2.61. The Morgan fingerprint density at radius 3 is 2.33 bits per heavy atom. The molecule has 0 bridgehead atoms. The molecule has 2 N–H and O–H groups in total. The van der Waals surface area contributed by atoms with Crippen molar-refractivity contribution >= 4 is 23.5 Å². The van der Waals surface area contributed by atoms with E-state index < -0.39 is 0 Å². The fourth-order valence-electron chi connectivity index (χ4n) is 2.06. The minimum atomic E-state index is -0.245. The SMILES string of the molecule is COc1cc(NC(=O)NCCSCc2ccccc2)cc(OC)c1. The summed E-state index contributed by atoms with van der Waals surface area (Å²) in [5, 5.41) is 5.62. The van der Waals surface area contributed by atoms with Gasteiger partial charge in [-0.1, -0.05) is 30.3 Å². The molecule has 0 fully saturated rings. The van der Waals surface area contributed by atoms with E-state index in [1.165, 1.54) is 5.56 Å². The van der Waals surface area contributed by atoms with Crippen LogP contribution in [0.3, 0.4) is 0 Å². The highest BCUT2D eigenvalue weighted by Crippen LogP contribution is 2.25. The van der Waals surface area contributed by atoms with Gasteiger partial charge in [0.2, 0.25) is 0 Å². The number of carbonyl (C=O) groups is 1. The van der Waals surface area contributed by atoms with Crippen molar-refractivity contribution in [3.05, 3.63) is 54.1 Å². The van der Waals surface area contributed by atoms with E-state index in [1.807, 2.05) is 18.2 Å². The van der Waals surface area contributed by atoms with E-state index in [9.17, 15) is 4.79 Å². The molecule has 2 aromatic carbocycles. The van der Waals surface area contributed by atoms with Crippen LogP contribution in [0.4, 0.5) is 10.5 Å². The highest BCUT2D eigenvalue weighted by atomic mass is 32.2. The van der Waals surface area contributed by atoms with Crippen LogP contribution in [-0.2, 0) is 5.75 Å². The zero-order chi connectivity index (χ0) is 17.2. The molecule has 0 saturated carbocycles. The Hall–Kier alpha value is -2.34. The number of hydrogen-bond acceptors (Lipinski definition) is 4. The van der Waals surface area contributed by atoms with E-state index in [1.54, 1.807) is 44.2 Å². The standard InChI is InChI=1S/C18H22N2O3S/c1-22-16-10-15(11-17(12-16)23-2)20-18(21)19-8-9-24-13-14-6-4-3-5-7-14/h3-7,10-12H,8-9,13H2,1-2H3,(H2,19,20,21). The van der Waals surface area contributed by atoms with Crippen LogP contribution in [0.1, 0.15) is 5.56 Å². The first-order valence-electron chi connectivity index (χ1n) is 7.61. The summed E-state index contributed by atoms with van der Waals surface area (Å²) in [7, 11) is 3.14. The molecule has 0 aromatic heterocycles. The lowest BCUT2D eigenvalue weighted by molar-refractivity contribution is 0.252. The highest BCUT2D eigenvalue weighted by Gasteiger charge is 2.05. The van der Waals surface area contributed by atoms with Crippen LogP contribution >= 0.6 is 11.8 Å². The summed E-state index contributed by atoms with van der Waals surface area (Å²) in [5.41, 5.74) is 1.91. The maximum Gasteiger partial charge on any atom is 0.319 e. The topological polar surface area (TPSA) is 59.6 Å². The van der Waals surface area contributed by atoms with Crippen LogP contribution in [0.15, 0.2) is 48.5 Å². The quantitative estimate of drug-likeness (QED) is 0.715. The normalized spacial score (nSPS) is 10.1. The van der Waals surface area contributed by atoms with Crippen molar-refractivity contribution in [3.63, 3.8) is 0 Å². The van der Waals surface area contributed by atoms with Crippen LogP contribution < -0.4 is 20.1 Å². The van der Waals surface area contributed by atoms with Gasteiger partial charge in [-0.2, -0.15) is 11.8 Å². The third-order valence-corrected chi connectivity index (χ3v) is 4.28. The molecule has 0 atom stereocenters. The molecule has 0 saturated heterocycles. The predicted molar refractivity (Wildman–Crippen MR) is 99.2 cm³/mol. The minimum Gasteiger partial charge on any atom is -0.497 e. The van der Waals surface area contributed by atoms with Gasteiger partial charge in [0, 0.05) is 41.9 Å². The van der Waals surface area contributed by atoms with Crippen LogP contribution in [0.25, 0.3) is 0 Å². The molecule has 5 nitrogen and oxygen atoms in total. The summed E-state index contributed by atoms with van der Waals surface area (Å²) < 4.78 is 10.4. The van der Waals surface area contributed by atoms with Gasteiger partial charge in [-0.3, -0.25) is 0 Å². The Morgan fingerprint density at radius 2 is 1.71 bits per heavy atom. The van der Waals surface area contributed by atoms with Gasteiger partial charge in [-0.15, -0.1) is 0 Å². The molecule has 0 heterocycles. The lowest BCUT2D eigenvalue weighted by Crippen LogP contribution is -2.30. The van der Waals surface area contributed by atoms with E-state index in [-0.39, 0.29) is 6.03 Å². The van der Waals surface area contributed by atoms with Crippen molar-refractivity contribution in [1.82, 2.24) is 5.32 Å². The number of methoxy groups -OCH3 is 2. The molecule has 6 heteroatoms. The number of thioether (sulfide) groups is 1. The van der Waals surface area contributed by atoms with E-state index >= 15 is 0 Å². The van der Waals surface area contributed by atoms with Crippen LogP contribution in [0, 0.1) is 0 Å². The van der Waals surface area contributed by atoms with Crippen molar-refractivity contribution in [3.8, 4) is 11.5 Å². The first-order chi connectivity index (χ1) is 11.7. The number of rotatable bonds is 8. The first-order valence-corrected chi connectivity index (χ1v) is 8.76. The Kier molecular flexibility index (Phi) is 7.29. The molecular formula is C18H22N2O3S. The summed E-state index contributed by atoms with van der Waals surface area (Å²) in [6.45, 7) is 0.602. The predicted octanol–water partition coefficient (Wildman–Crippen LogP) is 3.76. The van der Waals surface area contributed by atoms with Gasteiger partial charge < -0.3 is 20.1 Å². The number of anilines is 1. The van der Waals surface area contributed by atoms with Crippen molar-refractivity contribution in [2.75, 3.05) is 31.8 Å². The number of amides is 2. The molecule has 2 rings (SSSR count). The maximum atomic E-state index is 11.9. The molecule has 0 unspecified atom stereocenters. The van der Waals surface area contributed by atoms with Crippen molar-refractivity contribution in [2.45, 2.75) is 5.75 Å². The molecular weight excluding hydrogens is 324 g/mol. The third kappa shape index (κ3) is 6.04. The van der Waals surface area contributed by atoms with Crippen LogP contribution in [-0.4, -0.2) is 32.5 Å². The smallest absolute Gasteiger partial charge is 0.319 e. The number of ether oxygens (including phenoxy) is 2. The fourth-order valence-corrected chi connectivity index (χ4v) is 2.87. The van der Waals surface area contributed by atoms with Gasteiger partial charge in [-0.25, -0.2) is 4.79 Å². The second kappa shape index (κ2) is 9.72. The summed E-state index contributed by atoms with van der Waals surface area (Å²) in [6, 6.07) is 15.3. The van der Waals surface area contributed by atoms with Gasteiger partial charge in [0.25, 0.3) is 0 Å². The van der Waals surface area contributed by atoms with Gasteiger partial charge in [0.1, 0.15) is 11.5 Å². The maximum absolute atomic E-state index is 11.9. The van der Waals surface area contributed by atoms with Gasteiger partial charge in [0.05, 0.1) is 14.2 Å². The lowest BCUT2D eigenvalue weighted by Gasteiger charge is -2.10. The highest BCUT2D eigenvalue weighted by molar-refractivity contribution is 7.98. The Labute approximate surface area is 146 Å². The van der Waals surface area contributed by atoms with Crippen molar-refractivity contribution < 1.29 is 14.3 Å². The Morgan fingerprint density at radius 1 is 1.04 bits per heavy atom. The number of benzene rings is 2. The monoisotopic (exact) mass is 346 g/mol. The molecule has 0 spiro atoms. The molecule has 128 valence electrons. The van der Waals surface area contributed by atoms with Gasteiger partial charge in [-0.05, 0) is 5.56 Å². The Balaban J connectivity index is 1.71. The average molecular weight is 346 g/mol. The van der Waals surface area contributed by atoms with Crippen LogP contribution in [0.5, 0.6) is 11.5 Å². The zero-order valence-corrected chi connectivity index (χ0v) is 14.7. The van der Waals surface area contributed by atoms with Crippen molar-refractivity contribution in [2.24, 2.45) is 0 Å². The molecule has 0 aliphatic heterocycles. The molecule has 24 heavy (non-hydrogen) atoms. The van der Waals surface area contributed by atoms with E-state index in [2.05, 4.69) is 22.8 Å². The van der Waals surface area contributed by atoms with Gasteiger partial charge >= 0.3 is 6.03 Å². The third-order valence-electron chi connectivity index (χ3n) is 3.25.